The molecule has 1 unspecified atom stereocenters. The number of nitrogens with zero attached hydrogens (tertiary/aromatic N) is 1. The van der Waals surface area contributed by atoms with Gasteiger partial charge in [-0.25, -0.2) is 4.39 Å². The van der Waals surface area contributed by atoms with Crippen molar-refractivity contribution in [1.82, 2.24) is 4.98 Å². The van der Waals surface area contributed by atoms with E-state index in [9.17, 15) is 9.18 Å². The molecule has 1 heterocycles. The van der Waals surface area contributed by atoms with Crippen LogP contribution in [0.5, 0.6) is 0 Å². The number of aromatic nitrogens is 1. The second-order valence-corrected chi connectivity index (χ2v) is 5.33. The highest BCUT2D eigenvalue weighted by Gasteiger charge is 2.15. The number of halogens is 1. The van der Waals surface area contributed by atoms with Crippen LogP contribution in [0.3, 0.4) is 0 Å². The first kappa shape index (κ1) is 15.8. The molecular weight excluding hydrogens is 305 g/mol. The summed E-state index contributed by atoms with van der Waals surface area (Å²) in [6.07, 6.45) is 3.46. The zero-order valence-corrected chi connectivity index (χ0v) is 12.8. The van der Waals surface area contributed by atoms with E-state index in [1.165, 1.54) is 24.3 Å². The van der Waals surface area contributed by atoms with Gasteiger partial charge in [0, 0.05) is 18.1 Å². The molecule has 5 heteroatoms. The number of hydrogen-bond acceptors (Lipinski definition) is 3. The van der Waals surface area contributed by atoms with Crippen LogP contribution < -0.4 is 11.1 Å². The molecule has 1 aromatic heterocycles. The molecule has 0 radical (unpaired) electrons. The Balaban J connectivity index is 1.69. The average Bonchev–Trinajstić information content (AvgIpc) is 2.63. The Hall–Kier alpha value is -3.05. The van der Waals surface area contributed by atoms with Gasteiger partial charge in [-0.1, -0.05) is 24.3 Å². The van der Waals surface area contributed by atoms with Crippen LogP contribution in [0.1, 0.15) is 11.6 Å². The Bertz CT molecular complexity index is 817. The maximum absolute atomic E-state index is 12.9. The van der Waals surface area contributed by atoms with E-state index in [2.05, 4.69) is 10.3 Å². The van der Waals surface area contributed by atoms with Crippen molar-refractivity contribution in [1.29, 1.82) is 0 Å². The van der Waals surface area contributed by atoms with Crippen molar-refractivity contribution >= 4 is 11.6 Å². The Labute approximate surface area is 139 Å². The largest absolute Gasteiger partial charge is 0.324 e. The van der Waals surface area contributed by atoms with Gasteiger partial charge in [-0.2, -0.15) is 0 Å². The Morgan fingerprint density at radius 3 is 2.12 bits per heavy atom. The molecule has 3 aromatic rings. The highest BCUT2D eigenvalue weighted by atomic mass is 19.1. The summed E-state index contributed by atoms with van der Waals surface area (Å²) in [5.41, 5.74) is 9.20. The van der Waals surface area contributed by atoms with E-state index in [4.69, 9.17) is 5.73 Å². The maximum Gasteiger partial charge on any atom is 0.245 e. The smallest absolute Gasteiger partial charge is 0.245 e. The van der Waals surface area contributed by atoms with Crippen LogP contribution in [0.2, 0.25) is 0 Å². The van der Waals surface area contributed by atoms with E-state index in [0.717, 1.165) is 11.1 Å². The summed E-state index contributed by atoms with van der Waals surface area (Å²) in [4.78, 5) is 16.2. The predicted octanol–water partition coefficient (Wildman–Crippen LogP) is 3.53. The minimum absolute atomic E-state index is 0.349. The summed E-state index contributed by atoms with van der Waals surface area (Å²) in [6.45, 7) is 0. The van der Waals surface area contributed by atoms with Crippen molar-refractivity contribution < 1.29 is 9.18 Å². The van der Waals surface area contributed by atoms with E-state index in [-0.39, 0.29) is 11.7 Å². The number of amides is 1. The SMILES string of the molecule is NC(C(=O)Nc1ccc(-c2ccncc2)cc1)c1ccc(F)cc1. The lowest BCUT2D eigenvalue weighted by Gasteiger charge is -2.13. The van der Waals surface area contributed by atoms with E-state index >= 15 is 0 Å². The number of nitrogens with two attached hydrogens (primary N) is 1. The van der Waals surface area contributed by atoms with Gasteiger partial charge in [0.05, 0.1) is 0 Å². The summed E-state index contributed by atoms with van der Waals surface area (Å²) in [6, 6.07) is 16.0. The Morgan fingerprint density at radius 1 is 0.917 bits per heavy atom. The number of benzene rings is 2. The van der Waals surface area contributed by atoms with E-state index in [1.807, 2.05) is 36.4 Å². The molecule has 2 aromatic carbocycles. The zero-order valence-electron chi connectivity index (χ0n) is 12.8. The van der Waals surface area contributed by atoms with Crippen LogP contribution in [0.15, 0.2) is 73.1 Å². The molecule has 0 saturated heterocycles. The molecule has 0 aliphatic rings. The van der Waals surface area contributed by atoms with Gasteiger partial charge in [0.1, 0.15) is 11.9 Å². The fraction of sp³-hybridized carbons (Fsp3) is 0.0526. The van der Waals surface area contributed by atoms with Crippen LogP contribution in [0, 0.1) is 5.82 Å². The van der Waals surface area contributed by atoms with Crippen molar-refractivity contribution in [2.75, 3.05) is 5.32 Å². The van der Waals surface area contributed by atoms with Gasteiger partial charge >= 0.3 is 0 Å². The number of anilines is 1. The first-order valence-corrected chi connectivity index (χ1v) is 7.46. The number of rotatable bonds is 4. The second-order valence-electron chi connectivity index (χ2n) is 5.33. The van der Waals surface area contributed by atoms with Crippen LogP contribution >= 0.6 is 0 Å². The Morgan fingerprint density at radius 2 is 1.50 bits per heavy atom. The third-order valence-corrected chi connectivity index (χ3v) is 3.68. The summed E-state index contributed by atoms with van der Waals surface area (Å²) < 4.78 is 12.9. The molecular formula is C19H16FN3O. The molecule has 0 bridgehead atoms. The number of carbonyl (C=O) groups is 1. The van der Waals surface area contributed by atoms with E-state index < -0.39 is 6.04 Å². The third kappa shape index (κ3) is 3.64. The molecule has 1 atom stereocenters. The third-order valence-electron chi connectivity index (χ3n) is 3.68. The topological polar surface area (TPSA) is 68.0 Å². The molecule has 0 fully saturated rings. The number of nitrogens with one attached hydrogen (secondary N) is 1. The van der Waals surface area contributed by atoms with Crippen molar-refractivity contribution in [3.8, 4) is 11.1 Å². The molecule has 3 N–H and O–H groups in total. The van der Waals surface area contributed by atoms with Gasteiger partial charge in [-0.3, -0.25) is 9.78 Å². The molecule has 0 spiro atoms. The molecule has 0 aliphatic carbocycles. The fourth-order valence-corrected chi connectivity index (χ4v) is 2.33. The average molecular weight is 321 g/mol. The molecule has 24 heavy (non-hydrogen) atoms. The predicted molar refractivity (Wildman–Crippen MR) is 91.6 cm³/mol. The number of carbonyl (C=O) groups excluding carboxylic acids is 1. The standard InChI is InChI=1S/C19H16FN3O/c20-16-5-1-15(2-6-16)18(21)19(24)23-17-7-3-13(4-8-17)14-9-11-22-12-10-14/h1-12,18H,21H2,(H,23,24). The summed E-state index contributed by atoms with van der Waals surface area (Å²) in [5.74, 6) is -0.712. The Kier molecular flexibility index (Phi) is 4.63. The minimum atomic E-state index is -0.856. The first-order chi connectivity index (χ1) is 11.6. The summed E-state index contributed by atoms with van der Waals surface area (Å²) in [5, 5.41) is 2.76. The van der Waals surface area contributed by atoms with Gasteiger partial charge in [0.2, 0.25) is 5.91 Å². The lowest BCUT2D eigenvalue weighted by Crippen LogP contribution is -2.27. The van der Waals surface area contributed by atoms with Crippen LogP contribution in [0.25, 0.3) is 11.1 Å². The summed E-state index contributed by atoms with van der Waals surface area (Å²) >= 11 is 0. The molecule has 0 aliphatic heterocycles. The van der Waals surface area contributed by atoms with Gasteiger partial charge in [-0.15, -0.1) is 0 Å². The van der Waals surface area contributed by atoms with Gasteiger partial charge in [0.25, 0.3) is 0 Å². The quantitative estimate of drug-likeness (QED) is 0.772. The van der Waals surface area contributed by atoms with Crippen LogP contribution in [0.4, 0.5) is 10.1 Å². The molecule has 3 rings (SSSR count). The van der Waals surface area contributed by atoms with Gasteiger partial charge in [-0.05, 0) is 53.1 Å². The molecule has 0 saturated carbocycles. The van der Waals surface area contributed by atoms with Gasteiger partial charge < -0.3 is 11.1 Å². The zero-order chi connectivity index (χ0) is 16.9. The van der Waals surface area contributed by atoms with Gasteiger partial charge in [0.15, 0.2) is 0 Å². The summed E-state index contributed by atoms with van der Waals surface area (Å²) in [7, 11) is 0. The molecule has 1 amide bonds. The first-order valence-electron chi connectivity index (χ1n) is 7.46. The van der Waals surface area contributed by atoms with Crippen molar-refractivity contribution in [3.63, 3.8) is 0 Å². The van der Waals surface area contributed by atoms with E-state index in [1.54, 1.807) is 12.4 Å². The van der Waals surface area contributed by atoms with E-state index in [0.29, 0.717) is 11.3 Å². The number of pyridine rings is 1. The highest BCUT2D eigenvalue weighted by Crippen LogP contribution is 2.21. The maximum atomic E-state index is 12.9. The van der Waals surface area contributed by atoms with Crippen molar-refractivity contribution in [2.45, 2.75) is 6.04 Å². The minimum Gasteiger partial charge on any atom is -0.324 e. The monoisotopic (exact) mass is 321 g/mol. The molecule has 120 valence electrons. The van der Waals surface area contributed by atoms with Crippen molar-refractivity contribution in [3.05, 3.63) is 84.4 Å². The fourth-order valence-electron chi connectivity index (χ4n) is 2.33. The normalized spacial score (nSPS) is 11.8. The lowest BCUT2D eigenvalue weighted by molar-refractivity contribution is -0.117. The molecule has 4 nitrogen and oxygen atoms in total. The lowest BCUT2D eigenvalue weighted by atomic mass is 10.1. The second kappa shape index (κ2) is 7.02. The van der Waals surface area contributed by atoms with Crippen LogP contribution in [-0.4, -0.2) is 10.9 Å². The number of hydrogen-bond donors (Lipinski definition) is 2. The highest BCUT2D eigenvalue weighted by molar-refractivity contribution is 5.95. The van der Waals surface area contributed by atoms with Crippen molar-refractivity contribution in [2.24, 2.45) is 5.73 Å². The van der Waals surface area contributed by atoms with Crippen LogP contribution in [-0.2, 0) is 4.79 Å².